The van der Waals surface area contributed by atoms with E-state index in [1.54, 1.807) is 12.1 Å². The Morgan fingerprint density at radius 3 is 2.44 bits per heavy atom. The summed E-state index contributed by atoms with van der Waals surface area (Å²) in [6.45, 7) is 1.38. The van der Waals surface area contributed by atoms with Crippen LogP contribution in [0.1, 0.15) is 17.3 Å². The molecule has 0 unspecified atom stereocenters. The minimum absolute atomic E-state index is 0.234. The number of halogens is 2. The fraction of sp³-hybridized carbons (Fsp3) is 0.0714. The Kier molecular flexibility index (Phi) is 3.77. The molecule has 2 rings (SSSR count). The van der Waals surface area contributed by atoms with E-state index in [0.29, 0.717) is 11.5 Å². The number of rotatable bonds is 3. The van der Waals surface area contributed by atoms with Gasteiger partial charge < -0.3 is 4.74 Å². The van der Waals surface area contributed by atoms with Crippen molar-refractivity contribution in [2.45, 2.75) is 6.92 Å². The minimum atomic E-state index is -0.455. The van der Waals surface area contributed by atoms with Gasteiger partial charge in [-0.2, -0.15) is 0 Å². The molecule has 0 fully saturated rings. The summed E-state index contributed by atoms with van der Waals surface area (Å²) in [5, 5.41) is 0. The molecule has 0 aliphatic carbocycles. The Bertz CT molecular complexity index is 579. The van der Waals surface area contributed by atoms with Crippen LogP contribution in [0.2, 0.25) is 0 Å². The number of carbonyl (C=O) groups is 1. The summed E-state index contributed by atoms with van der Waals surface area (Å²) in [7, 11) is 0. The highest BCUT2D eigenvalue weighted by Gasteiger charge is 2.10. The van der Waals surface area contributed by atoms with Crippen LogP contribution in [-0.2, 0) is 0 Å². The van der Waals surface area contributed by atoms with Gasteiger partial charge in [0, 0.05) is 4.47 Å². The van der Waals surface area contributed by atoms with Gasteiger partial charge in [-0.15, -0.1) is 0 Å². The van der Waals surface area contributed by atoms with E-state index in [-0.39, 0.29) is 11.3 Å². The van der Waals surface area contributed by atoms with Crippen LogP contribution in [0.3, 0.4) is 0 Å². The van der Waals surface area contributed by atoms with Crippen molar-refractivity contribution < 1.29 is 13.9 Å². The van der Waals surface area contributed by atoms with Crippen molar-refractivity contribution in [3.63, 3.8) is 0 Å². The number of ketones is 1. The van der Waals surface area contributed by atoms with Crippen LogP contribution in [0.15, 0.2) is 46.9 Å². The largest absolute Gasteiger partial charge is 0.457 e. The van der Waals surface area contributed by atoms with Gasteiger partial charge in [-0.05, 0) is 49.4 Å². The molecule has 0 spiro atoms. The van der Waals surface area contributed by atoms with Crippen LogP contribution in [0, 0.1) is 5.82 Å². The predicted octanol–water partition coefficient (Wildman–Crippen LogP) is 4.58. The topological polar surface area (TPSA) is 26.3 Å². The molecule has 0 aliphatic rings. The molecule has 18 heavy (non-hydrogen) atoms. The first kappa shape index (κ1) is 12.8. The SMILES string of the molecule is CC(=O)c1cc(F)ccc1Oc1ccc(Br)cc1. The molecule has 0 N–H and O–H groups in total. The van der Waals surface area contributed by atoms with Gasteiger partial charge in [-0.3, -0.25) is 4.79 Å². The molecule has 2 nitrogen and oxygen atoms in total. The lowest BCUT2D eigenvalue weighted by Gasteiger charge is -2.09. The van der Waals surface area contributed by atoms with Crippen molar-refractivity contribution in [3.8, 4) is 11.5 Å². The Hall–Kier alpha value is -1.68. The van der Waals surface area contributed by atoms with E-state index in [0.717, 1.165) is 4.47 Å². The molecule has 0 radical (unpaired) electrons. The van der Waals surface area contributed by atoms with Gasteiger partial charge in [0.05, 0.1) is 5.56 Å². The highest BCUT2D eigenvalue weighted by molar-refractivity contribution is 9.10. The maximum absolute atomic E-state index is 13.1. The number of ether oxygens (including phenoxy) is 1. The summed E-state index contributed by atoms with van der Waals surface area (Å²) < 4.78 is 19.6. The van der Waals surface area contributed by atoms with Crippen LogP contribution < -0.4 is 4.74 Å². The third-order valence-electron chi connectivity index (χ3n) is 2.36. The van der Waals surface area contributed by atoms with Crippen LogP contribution in [0.5, 0.6) is 11.5 Å². The minimum Gasteiger partial charge on any atom is -0.457 e. The smallest absolute Gasteiger partial charge is 0.163 e. The van der Waals surface area contributed by atoms with Crippen molar-refractivity contribution in [2.24, 2.45) is 0 Å². The quantitative estimate of drug-likeness (QED) is 0.776. The first-order valence-electron chi connectivity index (χ1n) is 5.30. The summed E-state index contributed by atoms with van der Waals surface area (Å²) in [4.78, 5) is 11.4. The zero-order valence-corrected chi connectivity index (χ0v) is 11.2. The van der Waals surface area contributed by atoms with E-state index in [9.17, 15) is 9.18 Å². The third-order valence-corrected chi connectivity index (χ3v) is 2.89. The van der Waals surface area contributed by atoms with E-state index in [1.807, 2.05) is 12.1 Å². The summed E-state index contributed by atoms with van der Waals surface area (Å²) in [5.41, 5.74) is 0.234. The molecule has 0 aliphatic heterocycles. The molecule has 4 heteroatoms. The summed E-state index contributed by atoms with van der Waals surface area (Å²) >= 11 is 3.32. The van der Waals surface area contributed by atoms with Crippen LogP contribution in [0.4, 0.5) is 4.39 Å². The van der Waals surface area contributed by atoms with Gasteiger partial charge in [0.25, 0.3) is 0 Å². The molecule has 0 amide bonds. The molecule has 92 valence electrons. The number of hydrogen-bond acceptors (Lipinski definition) is 2. The maximum atomic E-state index is 13.1. The Balaban J connectivity index is 2.34. The average molecular weight is 309 g/mol. The zero-order chi connectivity index (χ0) is 13.1. The molecule has 2 aromatic carbocycles. The first-order valence-corrected chi connectivity index (χ1v) is 6.09. The first-order chi connectivity index (χ1) is 8.56. The van der Waals surface area contributed by atoms with Crippen molar-refractivity contribution in [3.05, 3.63) is 58.3 Å². The van der Waals surface area contributed by atoms with Gasteiger partial charge in [0.2, 0.25) is 0 Å². The lowest BCUT2D eigenvalue weighted by atomic mass is 10.1. The molecule has 2 aromatic rings. The second-order valence-electron chi connectivity index (χ2n) is 3.75. The maximum Gasteiger partial charge on any atom is 0.163 e. The monoisotopic (exact) mass is 308 g/mol. The van der Waals surface area contributed by atoms with E-state index < -0.39 is 5.82 Å². The Morgan fingerprint density at radius 2 is 1.83 bits per heavy atom. The number of hydrogen-bond donors (Lipinski definition) is 0. The highest BCUT2D eigenvalue weighted by atomic mass is 79.9. The molecule has 0 aromatic heterocycles. The Morgan fingerprint density at radius 1 is 1.17 bits per heavy atom. The van der Waals surface area contributed by atoms with Gasteiger partial charge in [0.1, 0.15) is 17.3 Å². The van der Waals surface area contributed by atoms with Crippen LogP contribution in [-0.4, -0.2) is 5.78 Å². The van der Waals surface area contributed by atoms with E-state index in [2.05, 4.69) is 15.9 Å². The van der Waals surface area contributed by atoms with E-state index in [1.165, 1.54) is 25.1 Å². The summed E-state index contributed by atoms with van der Waals surface area (Å²) in [6, 6.07) is 11.1. The Labute approximate surface area is 113 Å². The van der Waals surface area contributed by atoms with E-state index >= 15 is 0 Å². The second kappa shape index (κ2) is 5.31. The van der Waals surface area contributed by atoms with E-state index in [4.69, 9.17) is 4.74 Å². The fourth-order valence-electron chi connectivity index (χ4n) is 1.50. The van der Waals surface area contributed by atoms with Gasteiger partial charge >= 0.3 is 0 Å². The predicted molar refractivity (Wildman–Crippen MR) is 70.6 cm³/mol. The number of Topliss-reactive ketones (excluding diaryl/α,β-unsaturated/α-hetero) is 1. The molecule has 0 bridgehead atoms. The molecule has 0 heterocycles. The van der Waals surface area contributed by atoms with Crippen molar-refractivity contribution >= 4 is 21.7 Å². The summed E-state index contributed by atoms with van der Waals surface area (Å²) in [5.74, 6) is 0.253. The molecule has 0 saturated heterocycles. The van der Waals surface area contributed by atoms with Crippen LogP contribution in [0.25, 0.3) is 0 Å². The van der Waals surface area contributed by atoms with Gasteiger partial charge in [0.15, 0.2) is 5.78 Å². The van der Waals surface area contributed by atoms with Crippen LogP contribution >= 0.6 is 15.9 Å². The fourth-order valence-corrected chi connectivity index (χ4v) is 1.76. The lowest BCUT2D eigenvalue weighted by Crippen LogP contribution is -1.98. The lowest BCUT2D eigenvalue weighted by molar-refractivity contribution is 0.101. The molecule has 0 saturated carbocycles. The zero-order valence-electron chi connectivity index (χ0n) is 9.61. The van der Waals surface area contributed by atoms with Gasteiger partial charge in [-0.1, -0.05) is 15.9 Å². The van der Waals surface area contributed by atoms with Gasteiger partial charge in [-0.25, -0.2) is 4.39 Å². The number of benzene rings is 2. The number of carbonyl (C=O) groups excluding carboxylic acids is 1. The van der Waals surface area contributed by atoms with Crippen molar-refractivity contribution in [2.75, 3.05) is 0 Å². The standard InChI is InChI=1S/C14H10BrFO2/c1-9(17)13-8-11(16)4-7-14(13)18-12-5-2-10(15)3-6-12/h2-8H,1H3. The second-order valence-corrected chi connectivity index (χ2v) is 4.67. The third kappa shape index (κ3) is 2.96. The normalized spacial score (nSPS) is 10.2. The molecule has 0 atom stereocenters. The van der Waals surface area contributed by atoms with Crippen molar-refractivity contribution in [1.29, 1.82) is 0 Å². The molecular weight excluding hydrogens is 299 g/mol. The van der Waals surface area contributed by atoms with Crippen molar-refractivity contribution in [1.82, 2.24) is 0 Å². The average Bonchev–Trinajstić information content (AvgIpc) is 2.34. The highest BCUT2D eigenvalue weighted by Crippen LogP contribution is 2.27. The molecular formula is C14H10BrFO2. The summed E-state index contributed by atoms with van der Waals surface area (Å²) in [6.07, 6.45) is 0.